The van der Waals surface area contributed by atoms with Crippen LogP contribution in [-0.4, -0.2) is 34.6 Å². The van der Waals surface area contributed by atoms with Crippen molar-refractivity contribution in [3.8, 4) is 17.2 Å². The van der Waals surface area contributed by atoms with E-state index in [1.54, 1.807) is 18.4 Å². The van der Waals surface area contributed by atoms with Crippen LogP contribution in [0.1, 0.15) is 23.0 Å². The minimum atomic E-state index is -0.0319. The first-order valence-electron chi connectivity index (χ1n) is 8.01. The molecule has 7 heteroatoms. The lowest BCUT2D eigenvalue weighted by atomic mass is 10.1. The molecule has 1 aliphatic rings. The van der Waals surface area contributed by atoms with Crippen molar-refractivity contribution in [2.24, 2.45) is 0 Å². The largest absolute Gasteiger partial charge is 0.497 e. The molecule has 1 fully saturated rings. The van der Waals surface area contributed by atoms with E-state index in [4.69, 9.17) is 9.26 Å². The molecule has 1 atom stereocenters. The maximum atomic E-state index is 12.3. The Bertz CT molecular complexity index is 875. The Morgan fingerprint density at radius 2 is 2.28 bits per heavy atom. The van der Waals surface area contributed by atoms with Crippen molar-refractivity contribution < 1.29 is 14.1 Å². The standard InChI is InChI=1S/C18H17N3O3S/c1-23-14-5-2-4-12(8-14)18-19-17(20-24-18)13-9-16(22)21(10-13)11-15-6-3-7-25-15/h2-8,13H,9-11H2,1H3. The van der Waals surface area contributed by atoms with Crippen molar-refractivity contribution in [2.75, 3.05) is 13.7 Å². The number of carbonyl (C=O) groups excluding carboxylic acids is 1. The van der Waals surface area contributed by atoms with E-state index in [-0.39, 0.29) is 11.8 Å². The van der Waals surface area contributed by atoms with Crippen LogP contribution < -0.4 is 4.74 Å². The molecule has 1 aliphatic heterocycles. The van der Waals surface area contributed by atoms with Gasteiger partial charge in [0.25, 0.3) is 5.89 Å². The molecule has 1 saturated heterocycles. The van der Waals surface area contributed by atoms with Crippen LogP contribution in [0, 0.1) is 0 Å². The average molecular weight is 355 g/mol. The lowest BCUT2D eigenvalue weighted by molar-refractivity contribution is -0.128. The van der Waals surface area contributed by atoms with E-state index in [1.807, 2.05) is 46.7 Å². The Labute approximate surface area is 149 Å². The number of likely N-dealkylation sites (tertiary alicyclic amines) is 1. The zero-order chi connectivity index (χ0) is 17.2. The minimum Gasteiger partial charge on any atom is -0.497 e. The summed E-state index contributed by atoms with van der Waals surface area (Å²) in [6.45, 7) is 1.27. The molecule has 0 saturated carbocycles. The summed E-state index contributed by atoms with van der Waals surface area (Å²) in [4.78, 5) is 19.8. The Balaban J connectivity index is 1.49. The lowest BCUT2D eigenvalue weighted by Gasteiger charge is -2.14. The van der Waals surface area contributed by atoms with Crippen LogP contribution in [0.4, 0.5) is 0 Å². The number of ether oxygens (including phenoxy) is 1. The third-order valence-corrected chi connectivity index (χ3v) is 5.13. The molecule has 3 heterocycles. The van der Waals surface area contributed by atoms with Crippen LogP contribution >= 0.6 is 11.3 Å². The number of nitrogens with zero attached hydrogens (tertiary/aromatic N) is 3. The molecule has 3 aromatic rings. The lowest BCUT2D eigenvalue weighted by Crippen LogP contribution is -2.23. The number of hydrogen-bond donors (Lipinski definition) is 0. The summed E-state index contributed by atoms with van der Waals surface area (Å²) in [7, 11) is 1.62. The quantitative estimate of drug-likeness (QED) is 0.702. The van der Waals surface area contributed by atoms with E-state index in [1.165, 1.54) is 4.88 Å². The first-order valence-corrected chi connectivity index (χ1v) is 8.89. The monoisotopic (exact) mass is 355 g/mol. The van der Waals surface area contributed by atoms with Gasteiger partial charge in [-0.15, -0.1) is 11.3 Å². The number of aromatic nitrogens is 2. The summed E-state index contributed by atoms with van der Waals surface area (Å²) in [5.74, 6) is 1.86. The average Bonchev–Trinajstić information content (AvgIpc) is 3.37. The highest BCUT2D eigenvalue weighted by Crippen LogP contribution is 2.30. The van der Waals surface area contributed by atoms with Gasteiger partial charge < -0.3 is 14.2 Å². The zero-order valence-corrected chi connectivity index (χ0v) is 14.5. The third kappa shape index (κ3) is 3.28. The Kier molecular flexibility index (Phi) is 4.23. The van der Waals surface area contributed by atoms with E-state index < -0.39 is 0 Å². The van der Waals surface area contributed by atoms with Gasteiger partial charge in [0, 0.05) is 29.3 Å². The maximum absolute atomic E-state index is 12.3. The number of methoxy groups -OCH3 is 1. The van der Waals surface area contributed by atoms with Crippen LogP contribution in [-0.2, 0) is 11.3 Å². The minimum absolute atomic E-state index is 0.0319. The summed E-state index contributed by atoms with van der Waals surface area (Å²) in [5.41, 5.74) is 0.804. The molecule has 128 valence electrons. The predicted octanol–water partition coefficient (Wildman–Crippen LogP) is 3.32. The van der Waals surface area contributed by atoms with E-state index in [2.05, 4.69) is 10.1 Å². The second-order valence-electron chi connectivity index (χ2n) is 5.94. The van der Waals surface area contributed by atoms with Gasteiger partial charge >= 0.3 is 0 Å². The van der Waals surface area contributed by atoms with Crippen LogP contribution in [0.3, 0.4) is 0 Å². The molecule has 1 unspecified atom stereocenters. The molecule has 0 aliphatic carbocycles. The molecular weight excluding hydrogens is 338 g/mol. The molecule has 0 radical (unpaired) electrons. The number of benzene rings is 1. The first kappa shape index (κ1) is 15.8. The van der Waals surface area contributed by atoms with Crippen molar-refractivity contribution in [2.45, 2.75) is 18.9 Å². The fourth-order valence-electron chi connectivity index (χ4n) is 2.96. The molecule has 0 N–H and O–H groups in total. The summed E-state index contributed by atoms with van der Waals surface area (Å²) >= 11 is 1.66. The second-order valence-corrected chi connectivity index (χ2v) is 6.98. The van der Waals surface area contributed by atoms with E-state index >= 15 is 0 Å². The zero-order valence-electron chi connectivity index (χ0n) is 13.7. The van der Waals surface area contributed by atoms with E-state index in [0.717, 1.165) is 11.3 Å². The van der Waals surface area contributed by atoms with E-state index in [0.29, 0.717) is 31.2 Å². The van der Waals surface area contributed by atoms with Crippen LogP contribution in [0.15, 0.2) is 46.3 Å². The van der Waals surface area contributed by atoms with Crippen molar-refractivity contribution >= 4 is 17.2 Å². The molecular formula is C18H17N3O3S. The Morgan fingerprint density at radius 1 is 1.36 bits per heavy atom. The van der Waals surface area contributed by atoms with Gasteiger partial charge in [0.2, 0.25) is 5.91 Å². The molecule has 1 amide bonds. The van der Waals surface area contributed by atoms with Gasteiger partial charge in [-0.25, -0.2) is 0 Å². The summed E-state index contributed by atoms with van der Waals surface area (Å²) in [6.07, 6.45) is 0.419. The number of thiophene rings is 1. The van der Waals surface area contributed by atoms with Crippen molar-refractivity contribution in [3.05, 3.63) is 52.5 Å². The highest BCUT2D eigenvalue weighted by atomic mass is 32.1. The Morgan fingerprint density at radius 3 is 3.08 bits per heavy atom. The highest BCUT2D eigenvalue weighted by molar-refractivity contribution is 7.09. The number of hydrogen-bond acceptors (Lipinski definition) is 6. The van der Waals surface area contributed by atoms with Crippen molar-refractivity contribution in [1.82, 2.24) is 15.0 Å². The molecule has 0 bridgehead atoms. The molecule has 2 aromatic heterocycles. The SMILES string of the molecule is COc1cccc(-c2nc(C3CC(=O)N(Cc4cccs4)C3)no2)c1. The molecule has 6 nitrogen and oxygen atoms in total. The summed E-state index contributed by atoms with van der Waals surface area (Å²) < 4.78 is 10.6. The third-order valence-electron chi connectivity index (χ3n) is 4.26. The summed E-state index contributed by atoms with van der Waals surface area (Å²) in [6, 6.07) is 11.5. The summed E-state index contributed by atoms with van der Waals surface area (Å²) in [5, 5.41) is 6.11. The predicted molar refractivity (Wildman–Crippen MR) is 93.4 cm³/mol. The van der Waals surface area contributed by atoms with Gasteiger partial charge in [-0.2, -0.15) is 4.98 Å². The number of rotatable bonds is 5. The van der Waals surface area contributed by atoms with Crippen LogP contribution in [0.5, 0.6) is 5.75 Å². The molecule has 1 aromatic carbocycles. The van der Waals surface area contributed by atoms with Crippen LogP contribution in [0.2, 0.25) is 0 Å². The molecule has 25 heavy (non-hydrogen) atoms. The highest BCUT2D eigenvalue weighted by Gasteiger charge is 2.33. The van der Waals surface area contributed by atoms with Crippen molar-refractivity contribution in [1.29, 1.82) is 0 Å². The topological polar surface area (TPSA) is 68.5 Å². The van der Waals surface area contributed by atoms with Gasteiger partial charge in [0.1, 0.15) is 5.75 Å². The normalized spacial score (nSPS) is 17.2. The first-order chi connectivity index (χ1) is 12.2. The van der Waals surface area contributed by atoms with Crippen LogP contribution in [0.25, 0.3) is 11.5 Å². The van der Waals surface area contributed by atoms with Gasteiger partial charge in [-0.3, -0.25) is 4.79 Å². The second kappa shape index (κ2) is 6.68. The molecule has 4 rings (SSSR count). The van der Waals surface area contributed by atoms with Crippen molar-refractivity contribution in [3.63, 3.8) is 0 Å². The fourth-order valence-corrected chi connectivity index (χ4v) is 3.68. The Hall–Kier alpha value is -2.67. The van der Waals surface area contributed by atoms with Gasteiger partial charge in [0.15, 0.2) is 5.82 Å². The number of amides is 1. The van der Waals surface area contributed by atoms with Gasteiger partial charge in [0.05, 0.1) is 13.7 Å². The van der Waals surface area contributed by atoms with E-state index in [9.17, 15) is 4.79 Å². The smallest absolute Gasteiger partial charge is 0.258 e. The van der Waals surface area contributed by atoms with Gasteiger partial charge in [-0.1, -0.05) is 17.3 Å². The maximum Gasteiger partial charge on any atom is 0.258 e. The number of carbonyl (C=O) groups is 1. The van der Waals surface area contributed by atoms with Gasteiger partial charge in [-0.05, 0) is 29.6 Å². The fraction of sp³-hybridized carbons (Fsp3) is 0.278. The molecule has 0 spiro atoms.